The van der Waals surface area contributed by atoms with Gasteiger partial charge in [-0.3, -0.25) is 0 Å². The number of rotatable bonds is 6. The third kappa shape index (κ3) is 6.29. The van der Waals surface area contributed by atoms with E-state index in [0.717, 1.165) is 0 Å². The summed E-state index contributed by atoms with van der Waals surface area (Å²) in [6.07, 6.45) is 0. The van der Waals surface area contributed by atoms with Crippen LogP contribution in [0.4, 0.5) is 0 Å². The Hall–Kier alpha value is 0.0906. The van der Waals surface area contributed by atoms with Crippen LogP contribution < -0.4 is 0 Å². The van der Waals surface area contributed by atoms with E-state index >= 15 is 0 Å². The first-order valence-electron chi connectivity index (χ1n) is 5.51. The fourth-order valence-corrected chi connectivity index (χ4v) is 18.3. The Morgan fingerprint density at radius 1 is 0.933 bits per heavy atom. The van der Waals surface area contributed by atoms with Gasteiger partial charge in [0.2, 0.25) is 0 Å². The minimum atomic E-state index is -1.61. The van der Waals surface area contributed by atoms with E-state index in [9.17, 15) is 0 Å². The molecule has 0 aliphatic carbocycles. The highest BCUT2D eigenvalue weighted by atomic mass is 28.4. The summed E-state index contributed by atoms with van der Waals surface area (Å²) in [6.45, 7) is 21.6. The Morgan fingerprint density at radius 3 is 1.73 bits per heavy atom. The second-order valence-electron chi connectivity index (χ2n) is 6.04. The van der Waals surface area contributed by atoms with E-state index in [4.69, 9.17) is 4.12 Å². The van der Waals surface area contributed by atoms with Gasteiger partial charge in [-0.25, -0.2) is 0 Å². The van der Waals surface area contributed by atoms with E-state index in [1.165, 1.54) is 5.67 Å². The molecule has 0 atom stereocenters. The Kier molecular flexibility index (Phi) is 4.98. The molecule has 0 aromatic heterocycles. The lowest BCUT2D eigenvalue weighted by molar-refractivity contribution is 0.561. The molecule has 0 bridgehead atoms. The highest BCUT2D eigenvalue weighted by molar-refractivity contribution is 6.98. The van der Waals surface area contributed by atoms with E-state index < -0.39 is 24.7 Å². The predicted octanol–water partition coefficient (Wildman–Crippen LogP) is 4.11. The third-order valence-electron chi connectivity index (χ3n) is 2.46. The quantitative estimate of drug-likeness (QED) is 0.652. The molecule has 0 radical (unpaired) electrons. The maximum absolute atomic E-state index is 6.36. The van der Waals surface area contributed by atoms with Gasteiger partial charge in [-0.2, -0.15) is 0 Å². The van der Waals surface area contributed by atoms with Crippen molar-refractivity contribution in [3.63, 3.8) is 0 Å². The Labute approximate surface area is 98.5 Å². The van der Waals surface area contributed by atoms with Gasteiger partial charge in [0, 0.05) is 0 Å². The molecule has 0 saturated heterocycles. The van der Waals surface area contributed by atoms with Gasteiger partial charge in [0.1, 0.15) is 0 Å². The molecular formula is C11H26OSi3. The average molecular weight is 259 g/mol. The second kappa shape index (κ2) is 4.95. The highest BCUT2D eigenvalue weighted by Crippen LogP contribution is 2.25. The van der Waals surface area contributed by atoms with E-state index in [0.29, 0.717) is 0 Å². The van der Waals surface area contributed by atoms with Crippen LogP contribution in [0.2, 0.25) is 44.9 Å². The fourth-order valence-electron chi connectivity index (χ4n) is 1.96. The summed E-state index contributed by atoms with van der Waals surface area (Å²) in [7, 11) is -4.38. The molecule has 1 nitrogen and oxygen atoms in total. The maximum atomic E-state index is 6.36. The molecule has 0 spiro atoms. The molecular weight excluding hydrogens is 232 g/mol. The van der Waals surface area contributed by atoms with Gasteiger partial charge in [-0.05, 0) is 31.9 Å². The van der Waals surface area contributed by atoms with E-state index in [-0.39, 0.29) is 0 Å². The Bertz CT molecular complexity index is 220. The van der Waals surface area contributed by atoms with Gasteiger partial charge in [0.05, 0.1) is 8.07 Å². The molecule has 0 amide bonds. The summed E-state index contributed by atoms with van der Waals surface area (Å²) in [4.78, 5) is 0. The predicted molar refractivity (Wildman–Crippen MR) is 78.7 cm³/mol. The van der Waals surface area contributed by atoms with Crippen LogP contribution in [-0.4, -0.2) is 24.7 Å². The molecule has 15 heavy (non-hydrogen) atoms. The normalized spacial score (nSPS) is 13.7. The molecule has 0 fully saturated rings. The van der Waals surface area contributed by atoms with Crippen LogP contribution >= 0.6 is 0 Å². The van der Waals surface area contributed by atoms with Crippen LogP contribution in [0.1, 0.15) is 0 Å². The largest absolute Gasteiger partial charge is 0.453 e. The van der Waals surface area contributed by atoms with Crippen molar-refractivity contribution in [2.24, 2.45) is 0 Å². The summed E-state index contributed by atoms with van der Waals surface area (Å²) < 4.78 is 6.36. The smallest absolute Gasteiger partial charge is 0.197 e. The highest BCUT2D eigenvalue weighted by Gasteiger charge is 2.35. The van der Waals surface area contributed by atoms with Crippen LogP contribution in [0.15, 0.2) is 24.6 Å². The zero-order valence-corrected chi connectivity index (χ0v) is 14.2. The van der Waals surface area contributed by atoms with Gasteiger partial charge in [0.15, 0.2) is 16.6 Å². The van der Waals surface area contributed by atoms with Gasteiger partial charge in [-0.15, -0.1) is 18.9 Å². The third-order valence-corrected chi connectivity index (χ3v) is 15.9. The first kappa shape index (κ1) is 15.1. The molecule has 4 heteroatoms. The Morgan fingerprint density at radius 2 is 1.40 bits per heavy atom. The maximum Gasteiger partial charge on any atom is 0.197 e. The van der Waals surface area contributed by atoms with Crippen LogP contribution in [0.25, 0.3) is 0 Å². The van der Waals surface area contributed by atoms with Gasteiger partial charge >= 0.3 is 0 Å². The van der Waals surface area contributed by atoms with Crippen molar-refractivity contribution in [2.75, 3.05) is 0 Å². The van der Waals surface area contributed by atoms with E-state index in [1.54, 1.807) is 0 Å². The first-order chi connectivity index (χ1) is 6.54. The van der Waals surface area contributed by atoms with Gasteiger partial charge < -0.3 is 4.12 Å². The van der Waals surface area contributed by atoms with Crippen molar-refractivity contribution < 1.29 is 4.12 Å². The summed E-state index contributed by atoms with van der Waals surface area (Å²) in [5.41, 5.74) is 5.46. The Balaban J connectivity index is 4.56. The fraction of sp³-hybridized carbons (Fsp3) is 0.636. The van der Waals surface area contributed by atoms with Crippen molar-refractivity contribution in [3.05, 3.63) is 24.6 Å². The zero-order chi connectivity index (χ0) is 12.3. The van der Waals surface area contributed by atoms with Gasteiger partial charge in [0.25, 0.3) is 0 Å². The van der Waals surface area contributed by atoms with Crippen LogP contribution in [-0.2, 0) is 4.12 Å². The molecule has 88 valence electrons. The SMILES string of the molecule is C=C[Si](C)(C)C[Si](C)(C)O[Si](C)(C)C=C. The van der Waals surface area contributed by atoms with Crippen LogP contribution in [0, 0.1) is 0 Å². The molecule has 0 aromatic rings. The van der Waals surface area contributed by atoms with Crippen molar-refractivity contribution in [2.45, 2.75) is 44.9 Å². The molecule has 0 heterocycles. The van der Waals surface area contributed by atoms with Crippen LogP contribution in [0.3, 0.4) is 0 Å². The monoisotopic (exact) mass is 258 g/mol. The molecule has 0 rings (SSSR count). The summed E-state index contributed by atoms with van der Waals surface area (Å²) >= 11 is 0. The van der Waals surface area contributed by atoms with Crippen molar-refractivity contribution >= 4 is 24.7 Å². The van der Waals surface area contributed by atoms with E-state index in [2.05, 4.69) is 58.1 Å². The molecule has 0 aliphatic rings. The average Bonchev–Trinajstić information content (AvgIpc) is 2.00. The lowest BCUT2D eigenvalue weighted by Gasteiger charge is -2.35. The first-order valence-corrected chi connectivity index (χ1v) is 14.9. The summed E-state index contributed by atoms with van der Waals surface area (Å²) in [6, 6.07) is 0. The molecule has 0 N–H and O–H groups in total. The van der Waals surface area contributed by atoms with E-state index in [1.807, 2.05) is 5.70 Å². The minimum absolute atomic E-state index is 1.24. The molecule has 0 unspecified atom stereocenters. The minimum Gasteiger partial charge on any atom is -0.453 e. The lowest BCUT2D eigenvalue weighted by Crippen LogP contribution is -2.48. The summed E-state index contributed by atoms with van der Waals surface area (Å²) in [5, 5.41) is 0. The summed E-state index contributed by atoms with van der Waals surface area (Å²) in [5.74, 6) is 0. The molecule has 0 aromatic carbocycles. The topological polar surface area (TPSA) is 9.23 Å². The lowest BCUT2D eigenvalue weighted by atomic mass is 11.3. The number of hydrogen-bond acceptors (Lipinski definition) is 1. The van der Waals surface area contributed by atoms with Crippen molar-refractivity contribution in [1.82, 2.24) is 0 Å². The molecule has 0 saturated carbocycles. The molecule has 0 aliphatic heterocycles. The van der Waals surface area contributed by atoms with Crippen molar-refractivity contribution in [1.29, 1.82) is 0 Å². The van der Waals surface area contributed by atoms with Crippen LogP contribution in [0.5, 0.6) is 0 Å². The van der Waals surface area contributed by atoms with Crippen molar-refractivity contribution in [3.8, 4) is 0 Å². The number of hydrogen-bond donors (Lipinski definition) is 0. The second-order valence-corrected chi connectivity index (χ2v) is 19.8. The van der Waals surface area contributed by atoms with Gasteiger partial charge in [-0.1, -0.05) is 18.8 Å². The zero-order valence-electron chi connectivity index (χ0n) is 11.2. The standard InChI is InChI=1S/C11H26OSi3/c1-9-13(3,4)11-15(7,8)12-14(5,6)10-2/h9-10H,1-2,11H2,3-8H3.